The molecule has 6 nitrogen and oxygen atoms in total. The van der Waals surface area contributed by atoms with E-state index in [2.05, 4.69) is 9.89 Å². The van der Waals surface area contributed by atoms with Gasteiger partial charge in [0.1, 0.15) is 17.3 Å². The Hall–Kier alpha value is -2.84. The molecule has 0 aromatic heterocycles. The van der Waals surface area contributed by atoms with Crippen molar-refractivity contribution in [3.8, 4) is 11.5 Å². The van der Waals surface area contributed by atoms with Gasteiger partial charge in [-0.15, -0.1) is 0 Å². The van der Waals surface area contributed by atoms with E-state index in [0.717, 1.165) is 37.4 Å². The van der Waals surface area contributed by atoms with Crippen molar-refractivity contribution in [3.05, 3.63) is 58.8 Å². The number of piperazine rings is 1. The highest BCUT2D eigenvalue weighted by Crippen LogP contribution is 2.32. The van der Waals surface area contributed by atoms with Gasteiger partial charge >= 0.3 is 0 Å². The molecule has 2 aliphatic heterocycles. The molecule has 0 aliphatic carbocycles. The average molecular weight is 413 g/mol. The van der Waals surface area contributed by atoms with Gasteiger partial charge in [0.25, 0.3) is 5.91 Å². The molecule has 29 heavy (non-hydrogen) atoms. The third-order valence-corrected chi connectivity index (χ3v) is 6.03. The standard InChI is InChI=1S/C21H20FN3O3S/c1-28-18-12-14(2-7-17(18)26)13-19-20(27)23-21(29-19)25-10-8-24(9-11-25)16-5-3-15(22)4-6-16/h2-7,12-13,26H,8-11H2,1H3. The van der Waals surface area contributed by atoms with E-state index in [9.17, 15) is 14.3 Å². The van der Waals surface area contributed by atoms with Crippen molar-refractivity contribution in [3.63, 3.8) is 0 Å². The maximum absolute atomic E-state index is 13.1. The zero-order chi connectivity index (χ0) is 20.4. The molecule has 2 heterocycles. The number of hydrogen-bond donors (Lipinski definition) is 1. The topological polar surface area (TPSA) is 69.4 Å². The number of amides is 1. The van der Waals surface area contributed by atoms with Crippen molar-refractivity contribution in [1.29, 1.82) is 0 Å². The number of nitrogens with one attached hydrogen (secondary N) is 1. The minimum Gasteiger partial charge on any atom is -0.870 e. The number of hydrogen-bond acceptors (Lipinski definition) is 5. The third kappa shape index (κ3) is 4.28. The zero-order valence-electron chi connectivity index (χ0n) is 15.9. The highest BCUT2D eigenvalue weighted by atomic mass is 32.2. The van der Waals surface area contributed by atoms with Gasteiger partial charge in [0.2, 0.25) is 0 Å². The van der Waals surface area contributed by atoms with Crippen molar-refractivity contribution in [2.75, 3.05) is 33.3 Å². The highest BCUT2D eigenvalue weighted by Gasteiger charge is 2.30. The van der Waals surface area contributed by atoms with Gasteiger partial charge in [0, 0.05) is 12.1 Å². The van der Waals surface area contributed by atoms with Crippen LogP contribution in [-0.4, -0.2) is 49.3 Å². The van der Waals surface area contributed by atoms with Crippen LogP contribution in [0.3, 0.4) is 0 Å². The Balaban J connectivity index is 1.41. The van der Waals surface area contributed by atoms with E-state index in [1.165, 1.54) is 42.0 Å². The molecular formula is C21H20FN3O3S. The van der Waals surface area contributed by atoms with E-state index in [4.69, 9.17) is 4.74 Å². The number of thioether (sulfide) groups is 1. The summed E-state index contributed by atoms with van der Waals surface area (Å²) in [6, 6.07) is 11.3. The van der Waals surface area contributed by atoms with Crippen molar-refractivity contribution in [2.45, 2.75) is 0 Å². The van der Waals surface area contributed by atoms with Crippen LogP contribution in [0.25, 0.3) is 6.08 Å². The Kier molecular flexibility index (Phi) is 5.55. The van der Waals surface area contributed by atoms with Crippen LogP contribution in [0, 0.1) is 5.82 Å². The second-order valence-electron chi connectivity index (χ2n) is 6.82. The number of benzene rings is 2. The molecule has 2 aromatic rings. The molecule has 0 saturated carbocycles. The molecule has 0 spiro atoms. The molecule has 2 aromatic carbocycles. The number of carbonyl (C=O) groups excluding carboxylic acids is 1. The number of rotatable bonds is 3. The van der Waals surface area contributed by atoms with E-state index in [1.807, 2.05) is 12.1 Å². The minimum absolute atomic E-state index is 0.196. The van der Waals surface area contributed by atoms with Gasteiger partial charge in [-0.1, -0.05) is 17.9 Å². The summed E-state index contributed by atoms with van der Waals surface area (Å²) in [5.74, 6) is -0.457. The molecule has 150 valence electrons. The molecular weight excluding hydrogens is 393 g/mol. The molecule has 0 bridgehead atoms. The van der Waals surface area contributed by atoms with Gasteiger partial charge in [-0.25, -0.2) is 4.39 Å². The van der Waals surface area contributed by atoms with Gasteiger partial charge in [0.15, 0.2) is 5.17 Å². The first-order valence-corrected chi connectivity index (χ1v) is 10.1. The summed E-state index contributed by atoms with van der Waals surface area (Å²) in [7, 11) is 1.44. The Morgan fingerprint density at radius 3 is 2.62 bits per heavy atom. The Morgan fingerprint density at radius 1 is 1.21 bits per heavy atom. The molecule has 4 rings (SSSR count). The molecule has 8 heteroatoms. The Bertz CT molecular complexity index is 983. The Labute approximate surface area is 172 Å². The lowest BCUT2D eigenvalue weighted by Gasteiger charge is -2.32. The number of ether oxygens (including phenoxy) is 1. The predicted molar refractivity (Wildman–Crippen MR) is 109 cm³/mol. The normalized spacial score (nSPS) is 19.0. The second-order valence-corrected chi connectivity index (χ2v) is 7.83. The summed E-state index contributed by atoms with van der Waals surface area (Å²) in [5.41, 5.74) is 1.79. The number of quaternary nitrogens is 1. The van der Waals surface area contributed by atoms with E-state index >= 15 is 0 Å². The summed E-state index contributed by atoms with van der Waals surface area (Å²) in [6.45, 7) is 3.22. The van der Waals surface area contributed by atoms with E-state index < -0.39 is 0 Å². The lowest BCUT2D eigenvalue weighted by molar-refractivity contribution is -0.837. The van der Waals surface area contributed by atoms with E-state index in [1.54, 1.807) is 18.2 Å². The number of nitrogens with zero attached hydrogens (tertiary/aromatic N) is 2. The maximum atomic E-state index is 13.1. The number of amidine groups is 1. The lowest BCUT2D eigenvalue weighted by Crippen LogP contribution is -3.10. The second kappa shape index (κ2) is 8.26. The van der Waals surface area contributed by atoms with Crippen LogP contribution in [0.15, 0.2) is 52.4 Å². The fraction of sp³-hybridized carbons (Fsp3) is 0.238. The van der Waals surface area contributed by atoms with Gasteiger partial charge in [-0.2, -0.15) is 4.99 Å². The van der Waals surface area contributed by atoms with Crippen LogP contribution in [0.5, 0.6) is 11.5 Å². The first kappa shape index (κ1) is 19.5. The van der Waals surface area contributed by atoms with Gasteiger partial charge in [-0.3, -0.25) is 9.69 Å². The number of halogens is 1. The molecule has 0 unspecified atom stereocenters. The molecule has 0 radical (unpaired) electrons. The van der Waals surface area contributed by atoms with Crippen LogP contribution < -0.4 is 14.7 Å². The smallest absolute Gasteiger partial charge is 0.286 e. The van der Waals surface area contributed by atoms with Crippen molar-refractivity contribution < 1.29 is 23.9 Å². The summed E-state index contributed by atoms with van der Waals surface area (Å²) in [6.07, 6.45) is 1.73. The summed E-state index contributed by atoms with van der Waals surface area (Å²) in [5, 5.41) is 12.3. The van der Waals surface area contributed by atoms with Crippen LogP contribution in [-0.2, 0) is 4.79 Å². The summed E-state index contributed by atoms with van der Waals surface area (Å²) < 4.78 is 18.2. The van der Waals surface area contributed by atoms with Crippen LogP contribution in [0.1, 0.15) is 5.56 Å². The molecule has 1 fully saturated rings. The lowest BCUT2D eigenvalue weighted by atomic mass is 10.2. The zero-order valence-corrected chi connectivity index (χ0v) is 16.7. The fourth-order valence-corrected chi connectivity index (χ4v) is 4.37. The summed E-state index contributed by atoms with van der Waals surface area (Å²) in [4.78, 5) is 20.5. The van der Waals surface area contributed by atoms with Crippen LogP contribution in [0.4, 0.5) is 10.1 Å². The fourth-order valence-electron chi connectivity index (χ4n) is 3.40. The van der Waals surface area contributed by atoms with Crippen LogP contribution >= 0.6 is 11.8 Å². The van der Waals surface area contributed by atoms with Gasteiger partial charge in [-0.05, 0) is 41.6 Å². The first-order chi connectivity index (χ1) is 14.0. The number of aliphatic imine (C=N–C) groups is 1. The maximum Gasteiger partial charge on any atom is 0.286 e. The van der Waals surface area contributed by atoms with Crippen molar-refractivity contribution in [1.82, 2.24) is 4.90 Å². The minimum atomic E-state index is -0.275. The molecule has 1 amide bonds. The van der Waals surface area contributed by atoms with Crippen molar-refractivity contribution in [2.24, 2.45) is 4.99 Å². The van der Waals surface area contributed by atoms with Gasteiger partial charge < -0.3 is 14.7 Å². The SMILES string of the molecule is COc1cc(C=C2SC(N3CC[NH+](c4ccc(F)cc4)CC3)=NC2=O)ccc1[O-]. The van der Waals surface area contributed by atoms with E-state index in [-0.39, 0.29) is 23.2 Å². The van der Waals surface area contributed by atoms with Crippen molar-refractivity contribution >= 4 is 34.6 Å². The van der Waals surface area contributed by atoms with Gasteiger partial charge in [0.05, 0.1) is 38.2 Å². The predicted octanol–water partition coefficient (Wildman–Crippen LogP) is 1.41. The molecule has 1 N–H and O–H groups in total. The average Bonchev–Trinajstić information content (AvgIpc) is 3.10. The monoisotopic (exact) mass is 413 g/mol. The quantitative estimate of drug-likeness (QED) is 0.771. The molecule has 1 saturated heterocycles. The number of carbonyl (C=O) groups is 1. The largest absolute Gasteiger partial charge is 0.870 e. The highest BCUT2D eigenvalue weighted by molar-refractivity contribution is 8.18. The summed E-state index contributed by atoms with van der Waals surface area (Å²) >= 11 is 1.35. The van der Waals surface area contributed by atoms with E-state index in [0.29, 0.717) is 10.1 Å². The first-order valence-electron chi connectivity index (χ1n) is 9.26. The Morgan fingerprint density at radius 2 is 1.93 bits per heavy atom. The number of methoxy groups -OCH3 is 1. The third-order valence-electron chi connectivity index (χ3n) is 4.98. The van der Waals surface area contributed by atoms with Crippen LogP contribution in [0.2, 0.25) is 0 Å². The molecule has 2 aliphatic rings. The molecule has 0 atom stereocenters.